The average molecular weight is 362 g/mol. The molecule has 0 aliphatic carbocycles. The van der Waals surface area contributed by atoms with Gasteiger partial charge >= 0.3 is 0 Å². The third-order valence-corrected chi connectivity index (χ3v) is 5.36. The van der Waals surface area contributed by atoms with Gasteiger partial charge in [-0.2, -0.15) is 0 Å². The first-order valence-corrected chi connectivity index (χ1v) is 9.18. The van der Waals surface area contributed by atoms with Crippen molar-refractivity contribution in [1.29, 1.82) is 0 Å². The third kappa shape index (κ3) is 2.52. The summed E-state index contributed by atoms with van der Waals surface area (Å²) in [5.74, 6) is 0.703. The number of hydrogen-bond donors (Lipinski definition) is 0. The first-order chi connectivity index (χ1) is 12.6. The molecule has 0 N–H and O–H groups in total. The van der Waals surface area contributed by atoms with Crippen molar-refractivity contribution in [2.75, 3.05) is 7.11 Å². The highest BCUT2D eigenvalue weighted by Gasteiger charge is 2.21. The molecule has 0 radical (unpaired) electrons. The number of rotatable bonds is 4. The summed E-state index contributed by atoms with van der Waals surface area (Å²) in [6.45, 7) is 4.16. The van der Waals surface area contributed by atoms with E-state index in [2.05, 4.69) is 37.4 Å². The normalized spacial score (nSPS) is 11.0. The molecule has 0 bridgehead atoms. The van der Waals surface area contributed by atoms with Gasteiger partial charge in [0.25, 0.3) is 0 Å². The van der Waals surface area contributed by atoms with Crippen LogP contribution in [0.3, 0.4) is 0 Å². The molecule has 2 aromatic carbocycles. The van der Waals surface area contributed by atoms with Crippen LogP contribution in [-0.4, -0.2) is 22.8 Å². The lowest BCUT2D eigenvalue weighted by molar-refractivity contribution is 0.111. The van der Waals surface area contributed by atoms with Gasteiger partial charge in [0.05, 0.1) is 12.8 Å². The van der Waals surface area contributed by atoms with E-state index in [-0.39, 0.29) is 0 Å². The zero-order valence-corrected chi connectivity index (χ0v) is 15.6. The monoisotopic (exact) mass is 362 g/mol. The van der Waals surface area contributed by atoms with Crippen LogP contribution in [0.25, 0.3) is 27.5 Å². The number of ether oxygens (including phenoxy) is 1. The first kappa shape index (κ1) is 16.5. The minimum atomic E-state index is 0.542. The Bertz CT molecular complexity index is 1120. The number of aryl methyl sites for hydroxylation is 2. The Morgan fingerprint density at radius 3 is 2.65 bits per heavy atom. The lowest BCUT2D eigenvalue weighted by Gasteiger charge is -2.08. The number of benzene rings is 2. The van der Waals surface area contributed by atoms with E-state index in [4.69, 9.17) is 9.72 Å². The molecule has 0 aliphatic rings. The van der Waals surface area contributed by atoms with Crippen LogP contribution in [-0.2, 0) is 0 Å². The van der Waals surface area contributed by atoms with E-state index in [1.54, 1.807) is 7.11 Å². The molecule has 0 atom stereocenters. The van der Waals surface area contributed by atoms with Gasteiger partial charge in [-0.05, 0) is 31.5 Å². The molecule has 0 unspecified atom stereocenters. The van der Waals surface area contributed by atoms with Crippen LogP contribution < -0.4 is 4.74 Å². The van der Waals surface area contributed by atoms with Crippen molar-refractivity contribution < 1.29 is 9.53 Å². The summed E-state index contributed by atoms with van der Waals surface area (Å²) in [6, 6.07) is 14.0. The summed E-state index contributed by atoms with van der Waals surface area (Å²) in [5.41, 5.74) is 6.49. The van der Waals surface area contributed by atoms with Crippen molar-refractivity contribution in [1.82, 2.24) is 9.38 Å². The SMILES string of the molecule is COc1ccccc1-c1nc2scc(-c3ccc(C)cc3C)n2c1C=O. The molecule has 26 heavy (non-hydrogen) atoms. The molecule has 0 saturated carbocycles. The fraction of sp³-hybridized carbons (Fsp3) is 0.143. The van der Waals surface area contributed by atoms with Gasteiger partial charge in [-0.1, -0.05) is 35.9 Å². The van der Waals surface area contributed by atoms with E-state index in [9.17, 15) is 4.79 Å². The van der Waals surface area contributed by atoms with Crippen molar-refractivity contribution in [2.24, 2.45) is 0 Å². The van der Waals surface area contributed by atoms with Crippen LogP contribution in [0.4, 0.5) is 0 Å². The van der Waals surface area contributed by atoms with E-state index in [1.165, 1.54) is 22.5 Å². The van der Waals surface area contributed by atoms with Crippen molar-refractivity contribution in [2.45, 2.75) is 13.8 Å². The number of carbonyl (C=O) groups is 1. The molecule has 5 heteroatoms. The lowest BCUT2D eigenvalue weighted by Crippen LogP contribution is -1.96. The quantitative estimate of drug-likeness (QED) is 0.471. The summed E-state index contributed by atoms with van der Waals surface area (Å²) in [5, 5.41) is 2.05. The summed E-state index contributed by atoms with van der Waals surface area (Å²) >= 11 is 1.53. The second kappa shape index (κ2) is 6.42. The topological polar surface area (TPSA) is 43.6 Å². The minimum absolute atomic E-state index is 0.542. The second-order valence-electron chi connectivity index (χ2n) is 6.22. The predicted molar refractivity (Wildman–Crippen MR) is 105 cm³/mol. The maximum absolute atomic E-state index is 12.0. The number of hydrogen-bond acceptors (Lipinski definition) is 4. The van der Waals surface area contributed by atoms with Gasteiger partial charge in [0.15, 0.2) is 11.2 Å². The molecule has 4 rings (SSSR count). The van der Waals surface area contributed by atoms with Crippen molar-refractivity contribution in [3.63, 3.8) is 0 Å². The molecule has 0 fully saturated rings. The molecule has 0 saturated heterocycles. The summed E-state index contributed by atoms with van der Waals surface area (Å²) in [7, 11) is 1.62. The van der Waals surface area contributed by atoms with E-state index >= 15 is 0 Å². The number of aromatic nitrogens is 2. The Hall–Kier alpha value is -2.92. The second-order valence-corrected chi connectivity index (χ2v) is 7.06. The van der Waals surface area contributed by atoms with E-state index < -0.39 is 0 Å². The molecule has 0 spiro atoms. The molecule has 0 aliphatic heterocycles. The molecule has 0 amide bonds. The van der Waals surface area contributed by atoms with Crippen LogP contribution in [0, 0.1) is 13.8 Å². The first-order valence-electron chi connectivity index (χ1n) is 8.30. The van der Waals surface area contributed by atoms with Gasteiger partial charge in [0, 0.05) is 16.5 Å². The molecule has 130 valence electrons. The largest absolute Gasteiger partial charge is 0.496 e. The van der Waals surface area contributed by atoms with Crippen LogP contribution in [0.1, 0.15) is 21.6 Å². The van der Waals surface area contributed by atoms with Crippen LogP contribution in [0.5, 0.6) is 5.75 Å². The van der Waals surface area contributed by atoms with Gasteiger partial charge < -0.3 is 4.74 Å². The van der Waals surface area contributed by atoms with Gasteiger partial charge in [0.2, 0.25) is 0 Å². The summed E-state index contributed by atoms with van der Waals surface area (Å²) in [4.78, 5) is 17.5. The van der Waals surface area contributed by atoms with E-state index in [0.717, 1.165) is 28.1 Å². The lowest BCUT2D eigenvalue weighted by atomic mass is 10.0. The zero-order valence-electron chi connectivity index (χ0n) is 14.8. The molecular weight excluding hydrogens is 344 g/mol. The Labute approximate surface area is 155 Å². The molecule has 4 aromatic rings. The van der Waals surface area contributed by atoms with Crippen molar-refractivity contribution in [3.8, 4) is 28.3 Å². The number of methoxy groups -OCH3 is 1. The number of carbonyl (C=O) groups excluding carboxylic acids is 1. The fourth-order valence-electron chi connectivity index (χ4n) is 3.32. The fourth-order valence-corrected chi connectivity index (χ4v) is 4.21. The number of fused-ring (bicyclic) bond motifs is 1. The summed E-state index contributed by atoms with van der Waals surface area (Å²) in [6.07, 6.45) is 0.877. The van der Waals surface area contributed by atoms with E-state index in [1.807, 2.05) is 28.7 Å². The van der Waals surface area contributed by atoms with Crippen molar-refractivity contribution >= 4 is 22.6 Å². The molecule has 4 nitrogen and oxygen atoms in total. The van der Waals surface area contributed by atoms with Crippen LogP contribution in [0.15, 0.2) is 47.8 Å². The number of imidazole rings is 1. The molecule has 2 heterocycles. The maximum atomic E-state index is 12.0. The highest BCUT2D eigenvalue weighted by molar-refractivity contribution is 7.15. The van der Waals surface area contributed by atoms with Gasteiger partial charge in [-0.15, -0.1) is 11.3 Å². The predicted octanol–water partition coefficient (Wildman–Crippen LogP) is 5.17. The molecular formula is C21H18N2O2S. The Morgan fingerprint density at radius 2 is 1.92 bits per heavy atom. The Morgan fingerprint density at radius 1 is 1.12 bits per heavy atom. The number of para-hydroxylation sites is 1. The van der Waals surface area contributed by atoms with Gasteiger partial charge in [-0.3, -0.25) is 9.20 Å². The highest BCUT2D eigenvalue weighted by atomic mass is 32.1. The Balaban J connectivity index is 1.99. The molecule has 2 aromatic heterocycles. The summed E-state index contributed by atoms with van der Waals surface area (Å²) < 4.78 is 7.40. The third-order valence-electron chi connectivity index (χ3n) is 4.53. The van der Waals surface area contributed by atoms with Crippen LogP contribution >= 0.6 is 11.3 Å². The number of nitrogens with zero attached hydrogens (tertiary/aromatic N) is 2. The number of thiazole rings is 1. The van der Waals surface area contributed by atoms with E-state index in [0.29, 0.717) is 17.1 Å². The van der Waals surface area contributed by atoms with Gasteiger partial charge in [-0.25, -0.2) is 4.98 Å². The smallest absolute Gasteiger partial charge is 0.195 e. The average Bonchev–Trinajstić information content (AvgIpc) is 3.21. The zero-order chi connectivity index (χ0) is 18.3. The highest BCUT2D eigenvalue weighted by Crippen LogP contribution is 2.36. The number of aldehydes is 1. The standard InChI is InChI=1S/C21H18N2O2S/c1-13-8-9-15(14(2)10-13)18-12-26-21-22-20(17(11-24)23(18)21)16-6-4-5-7-19(16)25-3/h4-12H,1-3H3. The Kier molecular flexibility index (Phi) is 4.09. The minimum Gasteiger partial charge on any atom is -0.496 e. The van der Waals surface area contributed by atoms with Crippen LogP contribution in [0.2, 0.25) is 0 Å². The van der Waals surface area contributed by atoms with Gasteiger partial charge in [0.1, 0.15) is 17.1 Å². The maximum Gasteiger partial charge on any atom is 0.195 e. The van der Waals surface area contributed by atoms with Crippen molar-refractivity contribution in [3.05, 3.63) is 64.7 Å².